The van der Waals surface area contributed by atoms with E-state index in [2.05, 4.69) is 12.2 Å². The molecule has 120 valence electrons. The molecule has 0 aliphatic carbocycles. The van der Waals surface area contributed by atoms with Crippen LogP contribution in [0.3, 0.4) is 0 Å². The first kappa shape index (κ1) is 17.6. The van der Waals surface area contributed by atoms with E-state index in [4.69, 9.17) is 14.6 Å². The predicted molar refractivity (Wildman–Crippen MR) is 82.8 cm³/mol. The van der Waals surface area contributed by atoms with E-state index in [9.17, 15) is 9.59 Å². The van der Waals surface area contributed by atoms with Gasteiger partial charge in [-0.2, -0.15) is 0 Å². The Bertz CT molecular complexity index is 566. The number of benzene rings is 1. The number of methoxy groups -OCH3 is 1. The molecule has 0 spiro atoms. The van der Waals surface area contributed by atoms with Crippen molar-refractivity contribution in [1.29, 1.82) is 0 Å². The number of unbranched alkanes of at least 4 members (excludes halogenated alkanes) is 1. The van der Waals surface area contributed by atoms with Gasteiger partial charge in [0.15, 0.2) is 11.5 Å². The summed E-state index contributed by atoms with van der Waals surface area (Å²) < 4.78 is 10.9. The van der Waals surface area contributed by atoms with Gasteiger partial charge in [-0.25, -0.2) is 4.79 Å². The summed E-state index contributed by atoms with van der Waals surface area (Å²) >= 11 is 0. The largest absolute Gasteiger partial charge is 0.493 e. The number of carbonyl (C=O) groups is 2. The van der Waals surface area contributed by atoms with Gasteiger partial charge in [0.05, 0.1) is 13.7 Å². The van der Waals surface area contributed by atoms with E-state index in [-0.39, 0.29) is 5.70 Å². The third kappa shape index (κ3) is 5.47. The molecule has 2 N–H and O–H groups in total. The molecule has 0 radical (unpaired) electrons. The molecule has 1 aromatic rings. The van der Waals surface area contributed by atoms with E-state index in [1.807, 2.05) is 0 Å². The second-order valence-electron chi connectivity index (χ2n) is 4.66. The van der Waals surface area contributed by atoms with Crippen molar-refractivity contribution in [3.05, 3.63) is 29.5 Å². The van der Waals surface area contributed by atoms with Crippen LogP contribution >= 0.6 is 0 Å². The summed E-state index contributed by atoms with van der Waals surface area (Å²) in [6.07, 6.45) is 3.33. The molecular weight excluding hydrogens is 286 g/mol. The number of ether oxygens (including phenoxy) is 2. The van der Waals surface area contributed by atoms with E-state index >= 15 is 0 Å². The smallest absolute Gasteiger partial charge is 0.352 e. The Labute approximate surface area is 129 Å². The van der Waals surface area contributed by atoms with Gasteiger partial charge in [0.1, 0.15) is 5.70 Å². The van der Waals surface area contributed by atoms with Gasteiger partial charge < -0.3 is 19.9 Å². The summed E-state index contributed by atoms with van der Waals surface area (Å²) in [6.45, 7) is 3.92. The van der Waals surface area contributed by atoms with Crippen LogP contribution in [0, 0.1) is 0 Å². The first-order chi connectivity index (χ1) is 10.5. The number of hydrogen-bond donors (Lipinski definition) is 2. The number of carboxylic acid groups (broad SMARTS) is 1. The van der Waals surface area contributed by atoms with Crippen LogP contribution in [0.25, 0.3) is 6.08 Å². The fourth-order valence-corrected chi connectivity index (χ4v) is 1.73. The molecule has 0 atom stereocenters. The number of rotatable bonds is 8. The molecule has 1 rings (SSSR count). The zero-order valence-electron chi connectivity index (χ0n) is 13.0. The van der Waals surface area contributed by atoms with E-state index in [0.29, 0.717) is 23.7 Å². The summed E-state index contributed by atoms with van der Waals surface area (Å²) in [5.74, 6) is -0.542. The highest BCUT2D eigenvalue weighted by Gasteiger charge is 2.10. The quantitative estimate of drug-likeness (QED) is 0.569. The van der Waals surface area contributed by atoms with Gasteiger partial charge in [-0.3, -0.25) is 4.79 Å². The highest BCUT2D eigenvalue weighted by molar-refractivity contribution is 5.96. The minimum absolute atomic E-state index is 0.200. The van der Waals surface area contributed by atoms with Crippen molar-refractivity contribution in [2.24, 2.45) is 0 Å². The SMILES string of the molecule is CCCCOc1ccc(C=C(NC(C)=O)C(=O)O)cc1OC. The first-order valence-electron chi connectivity index (χ1n) is 7.01. The van der Waals surface area contributed by atoms with E-state index in [1.54, 1.807) is 18.2 Å². The van der Waals surface area contributed by atoms with Crippen molar-refractivity contribution < 1.29 is 24.2 Å². The van der Waals surface area contributed by atoms with Crippen molar-refractivity contribution in [3.63, 3.8) is 0 Å². The molecule has 0 saturated heterocycles. The highest BCUT2D eigenvalue weighted by Crippen LogP contribution is 2.29. The van der Waals surface area contributed by atoms with Crippen molar-refractivity contribution in [2.75, 3.05) is 13.7 Å². The lowest BCUT2D eigenvalue weighted by Gasteiger charge is -2.11. The van der Waals surface area contributed by atoms with E-state index in [0.717, 1.165) is 12.8 Å². The molecule has 0 fully saturated rings. The Morgan fingerprint density at radius 1 is 1.32 bits per heavy atom. The zero-order chi connectivity index (χ0) is 16.5. The number of nitrogens with one attached hydrogen (secondary N) is 1. The Morgan fingerprint density at radius 3 is 2.59 bits per heavy atom. The Balaban J connectivity index is 3.00. The minimum Gasteiger partial charge on any atom is -0.493 e. The molecule has 6 heteroatoms. The lowest BCUT2D eigenvalue weighted by Crippen LogP contribution is -2.24. The zero-order valence-corrected chi connectivity index (χ0v) is 13.0. The average Bonchev–Trinajstić information content (AvgIpc) is 2.47. The second kappa shape index (κ2) is 8.71. The molecule has 0 unspecified atom stereocenters. The van der Waals surface area contributed by atoms with Crippen molar-refractivity contribution >= 4 is 18.0 Å². The lowest BCUT2D eigenvalue weighted by molar-refractivity contribution is -0.134. The molecular formula is C16H21NO5. The first-order valence-corrected chi connectivity index (χ1v) is 7.01. The molecule has 0 bridgehead atoms. The molecule has 1 aromatic carbocycles. The Hall–Kier alpha value is -2.50. The molecule has 1 amide bonds. The number of carboxylic acids is 1. The van der Waals surface area contributed by atoms with Crippen molar-refractivity contribution in [1.82, 2.24) is 5.32 Å². The van der Waals surface area contributed by atoms with Gasteiger partial charge in [-0.05, 0) is 30.2 Å². The third-order valence-corrected chi connectivity index (χ3v) is 2.80. The second-order valence-corrected chi connectivity index (χ2v) is 4.66. The van der Waals surface area contributed by atoms with Crippen LogP contribution in [-0.2, 0) is 9.59 Å². The maximum absolute atomic E-state index is 11.1. The van der Waals surface area contributed by atoms with Crippen LogP contribution < -0.4 is 14.8 Å². The normalized spacial score (nSPS) is 11.0. The minimum atomic E-state index is -1.21. The number of carbonyl (C=O) groups excluding carboxylic acids is 1. The maximum atomic E-state index is 11.1. The summed E-state index contributed by atoms with van der Waals surface area (Å²) in [5.41, 5.74) is 0.389. The summed E-state index contributed by atoms with van der Waals surface area (Å²) in [7, 11) is 1.52. The third-order valence-electron chi connectivity index (χ3n) is 2.80. The van der Waals surface area contributed by atoms with Gasteiger partial charge in [0.2, 0.25) is 5.91 Å². The van der Waals surface area contributed by atoms with Crippen LogP contribution in [0.5, 0.6) is 11.5 Å². The van der Waals surface area contributed by atoms with Gasteiger partial charge >= 0.3 is 5.97 Å². The molecule has 0 aliphatic rings. The summed E-state index contributed by atoms with van der Waals surface area (Å²) in [4.78, 5) is 22.1. The fourth-order valence-electron chi connectivity index (χ4n) is 1.73. The number of aliphatic carboxylic acids is 1. The Kier molecular flexibility index (Phi) is 6.95. The summed E-state index contributed by atoms with van der Waals surface area (Å²) in [6, 6.07) is 5.08. The van der Waals surface area contributed by atoms with Crippen molar-refractivity contribution in [2.45, 2.75) is 26.7 Å². The predicted octanol–water partition coefficient (Wildman–Crippen LogP) is 2.44. The van der Waals surface area contributed by atoms with E-state index in [1.165, 1.54) is 20.1 Å². The summed E-state index contributed by atoms with van der Waals surface area (Å²) in [5, 5.41) is 11.3. The monoisotopic (exact) mass is 307 g/mol. The molecule has 0 heterocycles. The number of amides is 1. The van der Waals surface area contributed by atoms with Gasteiger partial charge in [0, 0.05) is 6.92 Å². The van der Waals surface area contributed by atoms with Gasteiger partial charge in [-0.15, -0.1) is 0 Å². The van der Waals surface area contributed by atoms with Crippen LogP contribution in [0.4, 0.5) is 0 Å². The van der Waals surface area contributed by atoms with Crippen LogP contribution in [-0.4, -0.2) is 30.7 Å². The van der Waals surface area contributed by atoms with Crippen LogP contribution in [0.1, 0.15) is 32.3 Å². The maximum Gasteiger partial charge on any atom is 0.352 e. The lowest BCUT2D eigenvalue weighted by atomic mass is 10.1. The molecule has 22 heavy (non-hydrogen) atoms. The van der Waals surface area contributed by atoms with Gasteiger partial charge in [-0.1, -0.05) is 19.4 Å². The van der Waals surface area contributed by atoms with Crippen molar-refractivity contribution in [3.8, 4) is 11.5 Å². The Morgan fingerprint density at radius 2 is 2.05 bits per heavy atom. The van der Waals surface area contributed by atoms with E-state index < -0.39 is 11.9 Å². The highest BCUT2D eigenvalue weighted by atomic mass is 16.5. The molecule has 0 saturated carbocycles. The molecule has 0 aliphatic heterocycles. The average molecular weight is 307 g/mol. The standard InChI is InChI=1S/C16H21NO5/c1-4-5-8-22-14-7-6-12(10-15(14)21-3)9-13(16(19)20)17-11(2)18/h6-7,9-10H,4-5,8H2,1-3H3,(H,17,18)(H,19,20). The van der Waals surface area contributed by atoms with Gasteiger partial charge in [0.25, 0.3) is 0 Å². The number of hydrogen-bond acceptors (Lipinski definition) is 4. The molecule has 6 nitrogen and oxygen atoms in total. The fraction of sp³-hybridized carbons (Fsp3) is 0.375. The van der Waals surface area contributed by atoms with Crippen LogP contribution in [0.2, 0.25) is 0 Å². The topological polar surface area (TPSA) is 84.9 Å². The molecule has 0 aromatic heterocycles. The van der Waals surface area contributed by atoms with Crippen LogP contribution in [0.15, 0.2) is 23.9 Å².